The second kappa shape index (κ2) is 5.95. The molecule has 1 N–H and O–H groups in total. The fraction of sp³-hybridized carbons (Fsp3) is 0.294. The Hall–Kier alpha value is -2.36. The van der Waals surface area contributed by atoms with Crippen molar-refractivity contribution >= 4 is 17.8 Å². The predicted molar refractivity (Wildman–Crippen MR) is 84.0 cm³/mol. The average molecular weight is 284 g/mol. The molecule has 1 amide bonds. The molecule has 0 aliphatic rings. The number of aromatic nitrogens is 1. The Morgan fingerprint density at radius 1 is 1.24 bits per heavy atom. The number of rotatable bonds is 3. The minimum Gasteiger partial charge on any atom is -0.360 e. The van der Waals surface area contributed by atoms with Crippen LogP contribution in [0.1, 0.15) is 37.7 Å². The zero-order valence-corrected chi connectivity index (χ0v) is 12.8. The van der Waals surface area contributed by atoms with Crippen molar-refractivity contribution in [1.29, 1.82) is 0 Å². The SMILES string of the molecule is Cc1cc(NC(=O)/C=C/c2ccc(C(C)(C)C)cc2)no1. The molecular formula is C17H20N2O2. The van der Waals surface area contributed by atoms with Crippen molar-refractivity contribution < 1.29 is 9.32 Å². The van der Waals surface area contributed by atoms with Crippen LogP contribution in [0.4, 0.5) is 5.82 Å². The maximum absolute atomic E-state index is 11.7. The van der Waals surface area contributed by atoms with Crippen LogP contribution in [0.15, 0.2) is 40.9 Å². The maximum Gasteiger partial charge on any atom is 0.249 e. The lowest BCUT2D eigenvalue weighted by atomic mass is 9.87. The Morgan fingerprint density at radius 3 is 2.43 bits per heavy atom. The topological polar surface area (TPSA) is 55.1 Å². The summed E-state index contributed by atoms with van der Waals surface area (Å²) < 4.78 is 4.88. The highest BCUT2D eigenvalue weighted by Gasteiger charge is 2.12. The van der Waals surface area contributed by atoms with Gasteiger partial charge in [-0.3, -0.25) is 4.79 Å². The van der Waals surface area contributed by atoms with Gasteiger partial charge in [0.25, 0.3) is 0 Å². The van der Waals surface area contributed by atoms with E-state index in [-0.39, 0.29) is 11.3 Å². The lowest BCUT2D eigenvalue weighted by Crippen LogP contribution is -2.10. The van der Waals surface area contributed by atoms with Gasteiger partial charge in [0.15, 0.2) is 5.82 Å². The molecule has 0 aliphatic carbocycles. The normalized spacial score (nSPS) is 11.8. The standard InChI is InChI=1S/C17H20N2O2/c1-12-11-15(19-21-12)18-16(20)10-7-13-5-8-14(9-6-13)17(2,3)4/h5-11H,1-4H3,(H,18,19,20)/b10-7+. The summed E-state index contributed by atoms with van der Waals surface area (Å²) in [5.41, 5.74) is 2.38. The van der Waals surface area contributed by atoms with Crippen molar-refractivity contribution in [1.82, 2.24) is 5.16 Å². The molecule has 2 aromatic rings. The Balaban J connectivity index is 1.99. The van der Waals surface area contributed by atoms with E-state index in [1.165, 1.54) is 11.6 Å². The van der Waals surface area contributed by atoms with Gasteiger partial charge in [-0.05, 0) is 29.5 Å². The Kier molecular flexibility index (Phi) is 4.26. The monoisotopic (exact) mass is 284 g/mol. The molecule has 0 bridgehead atoms. The number of anilines is 1. The summed E-state index contributed by atoms with van der Waals surface area (Å²) in [6.07, 6.45) is 3.25. The van der Waals surface area contributed by atoms with E-state index in [2.05, 4.69) is 43.4 Å². The number of amides is 1. The molecule has 0 unspecified atom stereocenters. The van der Waals surface area contributed by atoms with Crippen LogP contribution in [-0.4, -0.2) is 11.1 Å². The van der Waals surface area contributed by atoms with Gasteiger partial charge in [0.1, 0.15) is 5.76 Å². The van der Waals surface area contributed by atoms with Crippen molar-refractivity contribution in [2.24, 2.45) is 0 Å². The third kappa shape index (κ3) is 4.31. The molecule has 0 fully saturated rings. The second-order valence-corrected chi connectivity index (χ2v) is 6.02. The molecule has 0 atom stereocenters. The van der Waals surface area contributed by atoms with E-state index in [1.807, 2.05) is 12.1 Å². The van der Waals surface area contributed by atoms with Gasteiger partial charge in [-0.2, -0.15) is 0 Å². The van der Waals surface area contributed by atoms with Gasteiger partial charge in [0.2, 0.25) is 5.91 Å². The highest BCUT2D eigenvalue weighted by Crippen LogP contribution is 2.22. The first-order chi connectivity index (χ1) is 9.84. The van der Waals surface area contributed by atoms with Gasteiger partial charge < -0.3 is 9.84 Å². The smallest absolute Gasteiger partial charge is 0.249 e. The van der Waals surface area contributed by atoms with Gasteiger partial charge in [0.05, 0.1) is 0 Å². The molecule has 2 rings (SSSR count). The minimum absolute atomic E-state index is 0.129. The Morgan fingerprint density at radius 2 is 1.90 bits per heavy atom. The fourth-order valence-electron chi connectivity index (χ4n) is 1.86. The van der Waals surface area contributed by atoms with Crippen LogP contribution in [0.5, 0.6) is 0 Å². The van der Waals surface area contributed by atoms with Crippen molar-refractivity contribution in [2.45, 2.75) is 33.1 Å². The van der Waals surface area contributed by atoms with Crippen LogP contribution in [0.3, 0.4) is 0 Å². The molecule has 0 saturated carbocycles. The number of nitrogens with zero attached hydrogens (tertiary/aromatic N) is 1. The molecule has 4 nitrogen and oxygen atoms in total. The van der Waals surface area contributed by atoms with Gasteiger partial charge in [0, 0.05) is 12.1 Å². The van der Waals surface area contributed by atoms with Crippen molar-refractivity contribution in [2.75, 3.05) is 5.32 Å². The van der Waals surface area contributed by atoms with Crippen molar-refractivity contribution in [3.05, 3.63) is 53.3 Å². The fourth-order valence-corrected chi connectivity index (χ4v) is 1.86. The molecule has 0 aliphatic heterocycles. The predicted octanol–water partition coefficient (Wildman–Crippen LogP) is 3.93. The maximum atomic E-state index is 11.7. The number of carbonyl (C=O) groups excluding carboxylic acids is 1. The van der Waals surface area contributed by atoms with Crippen molar-refractivity contribution in [3.63, 3.8) is 0 Å². The van der Waals surface area contributed by atoms with E-state index < -0.39 is 0 Å². The van der Waals surface area contributed by atoms with Crippen LogP contribution in [0.25, 0.3) is 6.08 Å². The third-order valence-corrected chi connectivity index (χ3v) is 3.08. The Labute approximate surface area is 124 Å². The molecule has 0 spiro atoms. The number of benzene rings is 1. The van der Waals surface area contributed by atoms with Crippen LogP contribution >= 0.6 is 0 Å². The molecule has 1 aromatic heterocycles. The number of aryl methyl sites for hydroxylation is 1. The van der Waals surface area contributed by atoms with E-state index in [0.29, 0.717) is 11.6 Å². The summed E-state index contributed by atoms with van der Waals surface area (Å²) >= 11 is 0. The van der Waals surface area contributed by atoms with E-state index in [4.69, 9.17) is 4.52 Å². The van der Waals surface area contributed by atoms with Gasteiger partial charge in [-0.15, -0.1) is 0 Å². The molecule has 21 heavy (non-hydrogen) atoms. The van der Waals surface area contributed by atoms with Crippen LogP contribution in [-0.2, 0) is 10.2 Å². The average Bonchev–Trinajstić information content (AvgIpc) is 2.81. The zero-order valence-electron chi connectivity index (χ0n) is 12.8. The summed E-state index contributed by atoms with van der Waals surface area (Å²) in [6.45, 7) is 8.29. The van der Waals surface area contributed by atoms with Crippen LogP contribution in [0, 0.1) is 6.92 Å². The largest absolute Gasteiger partial charge is 0.360 e. The molecule has 0 radical (unpaired) electrons. The molecular weight excluding hydrogens is 264 g/mol. The zero-order chi connectivity index (χ0) is 15.5. The Bertz CT molecular complexity index is 646. The molecule has 1 heterocycles. The quantitative estimate of drug-likeness (QED) is 0.869. The third-order valence-electron chi connectivity index (χ3n) is 3.08. The summed E-state index contributed by atoms with van der Waals surface area (Å²) in [4.78, 5) is 11.7. The van der Waals surface area contributed by atoms with E-state index >= 15 is 0 Å². The van der Waals surface area contributed by atoms with Gasteiger partial charge in [-0.25, -0.2) is 0 Å². The van der Waals surface area contributed by atoms with Crippen LogP contribution in [0.2, 0.25) is 0 Å². The van der Waals surface area contributed by atoms with E-state index in [0.717, 1.165) is 5.56 Å². The number of nitrogens with one attached hydrogen (secondary N) is 1. The highest BCUT2D eigenvalue weighted by atomic mass is 16.5. The first-order valence-corrected chi connectivity index (χ1v) is 6.87. The first-order valence-electron chi connectivity index (χ1n) is 6.87. The first kappa shape index (κ1) is 15.0. The summed E-state index contributed by atoms with van der Waals surface area (Å²) in [7, 11) is 0. The van der Waals surface area contributed by atoms with E-state index in [9.17, 15) is 4.79 Å². The van der Waals surface area contributed by atoms with E-state index in [1.54, 1.807) is 19.1 Å². The number of hydrogen-bond acceptors (Lipinski definition) is 3. The second-order valence-electron chi connectivity index (χ2n) is 6.02. The molecule has 110 valence electrons. The summed E-state index contributed by atoms with van der Waals surface area (Å²) in [6, 6.07) is 9.84. The van der Waals surface area contributed by atoms with Crippen LogP contribution < -0.4 is 5.32 Å². The number of hydrogen-bond donors (Lipinski definition) is 1. The number of carbonyl (C=O) groups is 1. The summed E-state index contributed by atoms with van der Waals surface area (Å²) in [5.74, 6) is 0.848. The molecule has 0 saturated heterocycles. The molecule has 1 aromatic carbocycles. The lowest BCUT2D eigenvalue weighted by molar-refractivity contribution is -0.111. The van der Waals surface area contributed by atoms with Gasteiger partial charge >= 0.3 is 0 Å². The summed E-state index contributed by atoms with van der Waals surface area (Å²) in [5, 5.41) is 6.35. The highest BCUT2D eigenvalue weighted by molar-refractivity contribution is 6.01. The lowest BCUT2D eigenvalue weighted by Gasteiger charge is -2.18. The van der Waals surface area contributed by atoms with Gasteiger partial charge in [-0.1, -0.05) is 50.2 Å². The minimum atomic E-state index is -0.233. The molecule has 4 heteroatoms. The van der Waals surface area contributed by atoms with Crippen molar-refractivity contribution in [3.8, 4) is 0 Å².